The number of hydrogen-bond acceptors (Lipinski definition) is 4. The molecule has 4 nitrogen and oxygen atoms in total. The fraction of sp³-hybridized carbons (Fsp3) is 0.926. The first-order valence-corrected chi connectivity index (χ1v) is 13.2. The van der Waals surface area contributed by atoms with Gasteiger partial charge in [0.2, 0.25) is 0 Å². The van der Waals surface area contributed by atoms with Crippen LogP contribution in [0.2, 0.25) is 0 Å². The minimum atomic E-state index is -0.308. The number of carbonyl (C=O) groups is 2. The summed E-state index contributed by atoms with van der Waals surface area (Å²) in [6, 6.07) is 0. The first-order valence-electron chi connectivity index (χ1n) is 13.2. The molecule has 0 saturated heterocycles. The standard InChI is InChI=1S/C27H50O4/c1-22(2)16-10-7-5-6-8-14-20-30-26(28)24-18-12-13-19-25(24)27(29)31-21-15-9-11-17-23(3)4/h22-25H,5-21H2,1-4H3. The van der Waals surface area contributed by atoms with Crippen molar-refractivity contribution in [3.63, 3.8) is 0 Å². The highest BCUT2D eigenvalue weighted by Crippen LogP contribution is 2.32. The molecule has 182 valence electrons. The van der Waals surface area contributed by atoms with Crippen molar-refractivity contribution in [2.45, 2.75) is 124 Å². The lowest BCUT2D eigenvalue weighted by Crippen LogP contribution is -2.35. The number of carbonyl (C=O) groups excluding carboxylic acids is 2. The van der Waals surface area contributed by atoms with Crippen molar-refractivity contribution in [2.24, 2.45) is 23.7 Å². The Bertz CT molecular complexity index is 472. The van der Waals surface area contributed by atoms with Crippen molar-refractivity contribution >= 4 is 11.9 Å². The number of hydrogen-bond donors (Lipinski definition) is 0. The van der Waals surface area contributed by atoms with Gasteiger partial charge in [0, 0.05) is 0 Å². The zero-order valence-corrected chi connectivity index (χ0v) is 21.0. The Balaban J connectivity index is 2.18. The van der Waals surface area contributed by atoms with E-state index in [4.69, 9.17) is 9.47 Å². The smallest absolute Gasteiger partial charge is 0.309 e. The van der Waals surface area contributed by atoms with E-state index in [2.05, 4.69) is 27.7 Å². The lowest BCUT2D eigenvalue weighted by molar-refractivity contribution is -0.163. The molecule has 0 aromatic rings. The van der Waals surface area contributed by atoms with Gasteiger partial charge in [0.05, 0.1) is 25.0 Å². The first kappa shape index (κ1) is 28.0. The number of esters is 2. The molecular formula is C27H50O4. The van der Waals surface area contributed by atoms with Gasteiger partial charge < -0.3 is 9.47 Å². The van der Waals surface area contributed by atoms with Gasteiger partial charge in [-0.25, -0.2) is 0 Å². The summed E-state index contributed by atoms with van der Waals surface area (Å²) in [4.78, 5) is 25.2. The van der Waals surface area contributed by atoms with Gasteiger partial charge >= 0.3 is 11.9 Å². The fourth-order valence-electron chi connectivity index (χ4n) is 4.45. The molecule has 0 aliphatic heterocycles. The molecule has 0 spiro atoms. The van der Waals surface area contributed by atoms with Crippen molar-refractivity contribution in [1.29, 1.82) is 0 Å². The first-order chi connectivity index (χ1) is 14.9. The van der Waals surface area contributed by atoms with E-state index in [-0.39, 0.29) is 23.8 Å². The highest BCUT2D eigenvalue weighted by atomic mass is 16.5. The molecule has 0 heterocycles. The molecule has 1 aliphatic rings. The van der Waals surface area contributed by atoms with E-state index >= 15 is 0 Å². The Morgan fingerprint density at radius 1 is 0.613 bits per heavy atom. The summed E-state index contributed by atoms with van der Waals surface area (Å²) in [5.41, 5.74) is 0. The normalized spacial score (nSPS) is 19.0. The monoisotopic (exact) mass is 438 g/mol. The van der Waals surface area contributed by atoms with Crippen LogP contribution in [0.4, 0.5) is 0 Å². The van der Waals surface area contributed by atoms with Crippen LogP contribution in [0.1, 0.15) is 124 Å². The van der Waals surface area contributed by atoms with Crippen LogP contribution in [0.25, 0.3) is 0 Å². The van der Waals surface area contributed by atoms with Gasteiger partial charge in [0.1, 0.15) is 0 Å². The van der Waals surface area contributed by atoms with Crippen molar-refractivity contribution < 1.29 is 19.1 Å². The van der Waals surface area contributed by atoms with Crippen LogP contribution in [0.5, 0.6) is 0 Å². The van der Waals surface area contributed by atoms with Crippen LogP contribution < -0.4 is 0 Å². The van der Waals surface area contributed by atoms with Crippen LogP contribution in [0.3, 0.4) is 0 Å². The summed E-state index contributed by atoms with van der Waals surface area (Å²) in [7, 11) is 0. The Kier molecular flexibility index (Phi) is 15.8. The molecule has 1 saturated carbocycles. The van der Waals surface area contributed by atoms with E-state index in [1.807, 2.05) is 0 Å². The largest absolute Gasteiger partial charge is 0.465 e. The van der Waals surface area contributed by atoms with E-state index in [1.54, 1.807) is 0 Å². The second-order valence-electron chi connectivity index (χ2n) is 10.4. The molecule has 0 N–H and O–H groups in total. The highest BCUT2D eigenvalue weighted by Gasteiger charge is 2.37. The van der Waals surface area contributed by atoms with E-state index in [1.165, 1.54) is 44.9 Å². The lowest BCUT2D eigenvalue weighted by atomic mass is 9.79. The molecule has 4 heteroatoms. The average Bonchev–Trinajstić information content (AvgIpc) is 2.74. The van der Waals surface area contributed by atoms with Crippen molar-refractivity contribution in [3.05, 3.63) is 0 Å². The zero-order valence-electron chi connectivity index (χ0n) is 21.0. The summed E-state index contributed by atoms with van der Waals surface area (Å²) in [6.45, 7) is 9.99. The summed E-state index contributed by atoms with van der Waals surface area (Å²) >= 11 is 0. The average molecular weight is 439 g/mol. The fourth-order valence-corrected chi connectivity index (χ4v) is 4.45. The molecule has 1 rings (SSSR count). The molecule has 0 bridgehead atoms. The van der Waals surface area contributed by atoms with Crippen LogP contribution in [0, 0.1) is 23.7 Å². The second-order valence-corrected chi connectivity index (χ2v) is 10.4. The number of unbranched alkanes of at least 4 members (excludes halogenated alkanes) is 7. The Morgan fingerprint density at radius 2 is 0.968 bits per heavy atom. The van der Waals surface area contributed by atoms with Crippen LogP contribution in [-0.2, 0) is 19.1 Å². The SMILES string of the molecule is CC(C)CCCCCCCCOC(=O)C1CCCCC1C(=O)OCCCCCC(C)C. The molecule has 2 atom stereocenters. The van der Waals surface area contributed by atoms with Crippen molar-refractivity contribution in [2.75, 3.05) is 13.2 Å². The number of ether oxygens (including phenoxy) is 2. The number of rotatable bonds is 17. The minimum Gasteiger partial charge on any atom is -0.465 e. The summed E-state index contributed by atoms with van der Waals surface area (Å²) in [5, 5.41) is 0. The van der Waals surface area contributed by atoms with E-state index < -0.39 is 0 Å². The lowest BCUT2D eigenvalue weighted by Gasteiger charge is -2.28. The molecule has 2 unspecified atom stereocenters. The molecular weight excluding hydrogens is 388 g/mol. The predicted molar refractivity (Wildman–Crippen MR) is 128 cm³/mol. The quantitative estimate of drug-likeness (QED) is 0.174. The molecule has 1 aliphatic carbocycles. The van der Waals surface area contributed by atoms with Crippen LogP contribution in [0.15, 0.2) is 0 Å². The van der Waals surface area contributed by atoms with Gasteiger partial charge in [-0.3, -0.25) is 9.59 Å². The summed E-state index contributed by atoms with van der Waals surface area (Å²) < 4.78 is 11.1. The van der Waals surface area contributed by atoms with Gasteiger partial charge in [0.15, 0.2) is 0 Å². The topological polar surface area (TPSA) is 52.6 Å². The third-order valence-electron chi connectivity index (χ3n) is 6.46. The maximum Gasteiger partial charge on any atom is 0.309 e. The zero-order chi connectivity index (χ0) is 22.9. The summed E-state index contributed by atoms with van der Waals surface area (Å²) in [5.74, 6) is 0.541. The van der Waals surface area contributed by atoms with Gasteiger partial charge in [-0.15, -0.1) is 0 Å². The van der Waals surface area contributed by atoms with E-state index in [9.17, 15) is 9.59 Å². The van der Waals surface area contributed by atoms with Crippen LogP contribution >= 0.6 is 0 Å². The molecule has 0 aromatic heterocycles. The van der Waals surface area contributed by atoms with Gasteiger partial charge in [-0.1, -0.05) is 98.3 Å². The third kappa shape index (κ3) is 13.9. The van der Waals surface area contributed by atoms with Crippen molar-refractivity contribution in [3.8, 4) is 0 Å². The molecule has 0 aromatic carbocycles. The molecule has 1 fully saturated rings. The maximum absolute atomic E-state index is 12.6. The van der Waals surface area contributed by atoms with Gasteiger partial charge in [-0.05, 0) is 37.5 Å². The van der Waals surface area contributed by atoms with E-state index in [0.717, 1.165) is 63.2 Å². The molecule has 31 heavy (non-hydrogen) atoms. The van der Waals surface area contributed by atoms with E-state index in [0.29, 0.717) is 13.2 Å². The Hall–Kier alpha value is -1.06. The third-order valence-corrected chi connectivity index (χ3v) is 6.46. The van der Waals surface area contributed by atoms with Crippen molar-refractivity contribution in [1.82, 2.24) is 0 Å². The Labute approximate surface area is 192 Å². The maximum atomic E-state index is 12.6. The highest BCUT2D eigenvalue weighted by molar-refractivity contribution is 5.82. The molecule has 0 radical (unpaired) electrons. The molecule has 0 amide bonds. The second kappa shape index (κ2) is 17.5. The Morgan fingerprint density at radius 3 is 1.39 bits per heavy atom. The predicted octanol–water partition coefficient (Wildman–Crippen LogP) is 7.48. The van der Waals surface area contributed by atoms with Crippen LogP contribution in [-0.4, -0.2) is 25.2 Å². The summed E-state index contributed by atoms with van der Waals surface area (Å²) in [6.07, 6.45) is 16.4. The van der Waals surface area contributed by atoms with Gasteiger partial charge in [0.25, 0.3) is 0 Å². The minimum absolute atomic E-state index is 0.185. The van der Waals surface area contributed by atoms with Gasteiger partial charge in [-0.2, -0.15) is 0 Å².